The van der Waals surface area contributed by atoms with E-state index >= 15 is 0 Å². The number of piperazine rings is 1. The third-order valence-electron chi connectivity index (χ3n) is 7.30. The highest BCUT2D eigenvalue weighted by Crippen LogP contribution is 2.29. The minimum atomic E-state index is 0.0810. The van der Waals surface area contributed by atoms with Crippen LogP contribution in [0, 0.1) is 13.8 Å². The molecule has 0 aliphatic carbocycles. The normalized spacial score (nSPS) is 14.4. The Morgan fingerprint density at radius 2 is 1.58 bits per heavy atom. The van der Waals surface area contributed by atoms with E-state index in [9.17, 15) is 4.79 Å². The molecule has 1 saturated heterocycles. The van der Waals surface area contributed by atoms with E-state index in [4.69, 9.17) is 4.98 Å². The first-order chi connectivity index (χ1) is 17.4. The molecule has 0 bridgehead atoms. The quantitative estimate of drug-likeness (QED) is 0.278. The molecule has 36 heavy (non-hydrogen) atoms. The van der Waals surface area contributed by atoms with Crippen LogP contribution in [0.1, 0.15) is 39.5 Å². The van der Waals surface area contributed by atoms with Gasteiger partial charge in [0.15, 0.2) is 0 Å². The SMILES string of the molecule is CCc1ccc(CN2CCN(C(=O)c3cc(-c4ccc(C)c(C)c4)nc4ccc(Br)cc34)CC2)cc1. The highest BCUT2D eigenvalue weighted by Gasteiger charge is 2.24. The molecule has 2 heterocycles. The maximum atomic E-state index is 13.8. The van der Waals surface area contributed by atoms with E-state index in [0.29, 0.717) is 0 Å². The topological polar surface area (TPSA) is 36.4 Å². The molecule has 184 valence electrons. The highest BCUT2D eigenvalue weighted by atomic mass is 79.9. The van der Waals surface area contributed by atoms with Crippen LogP contribution in [0.2, 0.25) is 0 Å². The average molecular weight is 543 g/mol. The second-order valence-corrected chi connectivity index (χ2v) is 10.7. The largest absolute Gasteiger partial charge is 0.336 e. The van der Waals surface area contributed by atoms with Gasteiger partial charge in [-0.3, -0.25) is 9.69 Å². The molecule has 5 rings (SSSR count). The molecule has 4 aromatic rings. The summed E-state index contributed by atoms with van der Waals surface area (Å²) in [5.74, 6) is 0.0810. The molecular formula is C31H32BrN3O. The number of rotatable bonds is 5. The summed E-state index contributed by atoms with van der Waals surface area (Å²) in [5, 5.41) is 0.889. The van der Waals surface area contributed by atoms with Crippen LogP contribution in [-0.2, 0) is 13.0 Å². The third kappa shape index (κ3) is 5.23. The standard InChI is InChI=1S/C31H32BrN3O/c1-4-23-6-8-24(9-7-23)20-34-13-15-35(16-14-34)31(36)28-19-30(25-10-5-21(2)22(3)17-25)33-29-12-11-26(32)18-27(28)29/h5-12,17-19H,4,13-16,20H2,1-3H3. The number of amides is 1. The lowest BCUT2D eigenvalue weighted by atomic mass is 10.00. The second-order valence-electron chi connectivity index (χ2n) is 9.75. The van der Waals surface area contributed by atoms with Crippen molar-refractivity contribution in [1.82, 2.24) is 14.8 Å². The lowest BCUT2D eigenvalue weighted by Crippen LogP contribution is -2.48. The van der Waals surface area contributed by atoms with Gasteiger partial charge in [0.25, 0.3) is 5.91 Å². The van der Waals surface area contributed by atoms with Crippen LogP contribution < -0.4 is 0 Å². The van der Waals surface area contributed by atoms with Gasteiger partial charge < -0.3 is 4.90 Å². The number of carbonyl (C=O) groups is 1. The molecule has 1 amide bonds. The van der Waals surface area contributed by atoms with Gasteiger partial charge in [0.2, 0.25) is 0 Å². The zero-order valence-corrected chi connectivity index (χ0v) is 22.8. The predicted molar refractivity (Wildman–Crippen MR) is 151 cm³/mol. The van der Waals surface area contributed by atoms with Gasteiger partial charge in [-0.2, -0.15) is 0 Å². The number of aryl methyl sites for hydroxylation is 3. The fourth-order valence-corrected chi connectivity index (χ4v) is 5.20. The van der Waals surface area contributed by atoms with Crippen LogP contribution in [0.5, 0.6) is 0 Å². The zero-order valence-electron chi connectivity index (χ0n) is 21.2. The molecule has 1 aliphatic rings. The van der Waals surface area contributed by atoms with E-state index in [1.54, 1.807) is 0 Å². The second kappa shape index (κ2) is 10.5. The first-order valence-electron chi connectivity index (χ1n) is 12.7. The van der Waals surface area contributed by atoms with E-state index in [0.717, 1.165) is 71.3 Å². The van der Waals surface area contributed by atoms with Crippen molar-refractivity contribution in [1.29, 1.82) is 0 Å². The Morgan fingerprint density at radius 1 is 0.861 bits per heavy atom. The number of benzene rings is 3. The number of hydrogen-bond donors (Lipinski definition) is 0. The van der Waals surface area contributed by atoms with Gasteiger partial charge in [0.05, 0.1) is 16.8 Å². The third-order valence-corrected chi connectivity index (χ3v) is 7.79. The average Bonchev–Trinajstić information content (AvgIpc) is 2.90. The number of pyridine rings is 1. The first-order valence-corrected chi connectivity index (χ1v) is 13.5. The van der Waals surface area contributed by atoms with E-state index < -0.39 is 0 Å². The van der Waals surface area contributed by atoms with Gasteiger partial charge in [0, 0.05) is 48.1 Å². The lowest BCUT2D eigenvalue weighted by Gasteiger charge is -2.35. The molecule has 3 aromatic carbocycles. The minimum absolute atomic E-state index is 0.0810. The summed E-state index contributed by atoms with van der Waals surface area (Å²) in [4.78, 5) is 23.2. The zero-order chi connectivity index (χ0) is 25.2. The smallest absolute Gasteiger partial charge is 0.254 e. The Labute approximate surface area is 222 Å². The van der Waals surface area contributed by atoms with Gasteiger partial charge in [-0.05, 0) is 72.9 Å². The number of halogens is 1. The van der Waals surface area contributed by atoms with E-state index in [1.807, 2.05) is 29.2 Å². The van der Waals surface area contributed by atoms with E-state index in [-0.39, 0.29) is 5.91 Å². The Balaban J connectivity index is 1.38. The summed E-state index contributed by atoms with van der Waals surface area (Å²) in [6.07, 6.45) is 1.06. The van der Waals surface area contributed by atoms with Crippen LogP contribution in [0.25, 0.3) is 22.2 Å². The molecule has 0 atom stereocenters. The molecule has 0 spiro atoms. The van der Waals surface area contributed by atoms with Gasteiger partial charge in [-0.1, -0.05) is 59.3 Å². The van der Waals surface area contributed by atoms with Crippen molar-refractivity contribution in [2.45, 2.75) is 33.7 Å². The number of hydrogen-bond acceptors (Lipinski definition) is 3. The Kier molecular flexibility index (Phi) is 7.22. The maximum absolute atomic E-state index is 13.8. The van der Waals surface area contributed by atoms with E-state index in [2.05, 4.69) is 84.1 Å². The summed E-state index contributed by atoms with van der Waals surface area (Å²) in [7, 11) is 0. The number of fused-ring (bicyclic) bond motifs is 1. The van der Waals surface area contributed by atoms with Crippen LogP contribution in [0.15, 0.2) is 71.2 Å². The summed E-state index contributed by atoms with van der Waals surface area (Å²) >= 11 is 3.58. The molecule has 4 nitrogen and oxygen atoms in total. The summed E-state index contributed by atoms with van der Waals surface area (Å²) in [5.41, 5.74) is 8.60. The molecule has 0 saturated carbocycles. The van der Waals surface area contributed by atoms with Crippen LogP contribution >= 0.6 is 15.9 Å². The minimum Gasteiger partial charge on any atom is -0.336 e. The molecule has 1 aromatic heterocycles. The highest BCUT2D eigenvalue weighted by molar-refractivity contribution is 9.10. The van der Waals surface area contributed by atoms with Gasteiger partial charge >= 0.3 is 0 Å². The van der Waals surface area contributed by atoms with E-state index in [1.165, 1.54) is 22.3 Å². The molecule has 5 heteroatoms. The van der Waals surface area contributed by atoms with Crippen molar-refractivity contribution in [3.63, 3.8) is 0 Å². The van der Waals surface area contributed by atoms with Crippen LogP contribution in [0.4, 0.5) is 0 Å². The number of carbonyl (C=O) groups excluding carboxylic acids is 1. The Morgan fingerprint density at radius 3 is 2.28 bits per heavy atom. The lowest BCUT2D eigenvalue weighted by molar-refractivity contribution is 0.0630. The first kappa shape index (κ1) is 24.7. The van der Waals surface area contributed by atoms with Gasteiger partial charge in [-0.25, -0.2) is 4.98 Å². The molecule has 0 unspecified atom stereocenters. The van der Waals surface area contributed by atoms with Crippen LogP contribution in [-0.4, -0.2) is 46.9 Å². The molecule has 0 radical (unpaired) electrons. The monoisotopic (exact) mass is 541 g/mol. The summed E-state index contributed by atoms with van der Waals surface area (Å²) in [6.45, 7) is 10.5. The Hall–Kier alpha value is -3.02. The maximum Gasteiger partial charge on any atom is 0.254 e. The van der Waals surface area contributed by atoms with Crippen molar-refractivity contribution in [3.8, 4) is 11.3 Å². The van der Waals surface area contributed by atoms with Crippen molar-refractivity contribution in [2.75, 3.05) is 26.2 Å². The summed E-state index contributed by atoms with van der Waals surface area (Å²) < 4.78 is 0.948. The van der Waals surface area contributed by atoms with Gasteiger partial charge in [-0.15, -0.1) is 0 Å². The van der Waals surface area contributed by atoms with Crippen molar-refractivity contribution in [3.05, 3.63) is 99.0 Å². The van der Waals surface area contributed by atoms with Crippen molar-refractivity contribution < 1.29 is 4.79 Å². The molecule has 1 aliphatic heterocycles. The number of nitrogens with zero attached hydrogens (tertiary/aromatic N) is 3. The fourth-order valence-electron chi connectivity index (χ4n) is 4.84. The van der Waals surface area contributed by atoms with Crippen LogP contribution in [0.3, 0.4) is 0 Å². The Bertz CT molecular complexity index is 1410. The van der Waals surface area contributed by atoms with Crippen molar-refractivity contribution in [2.24, 2.45) is 0 Å². The summed E-state index contributed by atoms with van der Waals surface area (Å²) in [6, 6.07) is 23.2. The fraction of sp³-hybridized carbons (Fsp3) is 0.290. The predicted octanol–water partition coefficient (Wildman–Crippen LogP) is 6.80. The molecule has 0 N–H and O–H groups in total. The molecule has 1 fully saturated rings. The number of aromatic nitrogens is 1. The van der Waals surface area contributed by atoms with Gasteiger partial charge in [0.1, 0.15) is 0 Å². The molecular weight excluding hydrogens is 510 g/mol. The van der Waals surface area contributed by atoms with Crippen molar-refractivity contribution >= 4 is 32.7 Å².